The van der Waals surface area contributed by atoms with Crippen LogP contribution in [0.3, 0.4) is 0 Å². The van der Waals surface area contributed by atoms with Crippen LogP contribution in [0.1, 0.15) is 39.0 Å². The molecule has 0 bridgehead atoms. The minimum absolute atomic E-state index is 0.193. The lowest BCUT2D eigenvalue weighted by molar-refractivity contribution is 0.233. The molecule has 1 heterocycles. The number of nitrogens with one attached hydrogen (secondary N) is 1. The molecule has 102 valence electrons. The Morgan fingerprint density at radius 3 is 2.89 bits per heavy atom. The van der Waals surface area contributed by atoms with Crippen LogP contribution in [0.15, 0.2) is 18.2 Å². The molecule has 1 aliphatic carbocycles. The van der Waals surface area contributed by atoms with Crippen LogP contribution in [-0.2, 0) is 0 Å². The molecule has 1 fully saturated rings. The molecule has 2 aromatic rings. The molecular weight excluding hydrogens is 259 g/mol. The van der Waals surface area contributed by atoms with E-state index in [0.29, 0.717) is 5.41 Å². The van der Waals surface area contributed by atoms with E-state index in [9.17, 15) is 4.39 Å². The summed E-state index contributed by atoms with van der Waals surface area (Å²) >= 11 is 1.54. The molecule has 0 aliphatic heterocycles. The van der Waals surface area contributed by atoms with Crippen LogP contribution in [0.4, 0.5) is 9.52 Å². The summed E-state index contributed by atoms with van der Waals surface area (Å²) in [6.45, 7) is 3.32. The molecule has 2 nitrogen and oxygen atoms in total. The molecular formula is C15H19FN2S. The van der Waals surface area contributed by atoms with Crippen molar-refractivity contribution in [1.29, 1.82) is 0 Å². The summed E-state index contributed by atoms with van der Waals surface area (Å²) < 4.78 is 14.1. The van der Waals surface area contributed by atoms with Crippen LogP contribution < -0.4 is 5.32 Å². The molecule has 3 rings (SSSR count). The Morgan fingerprint density at radius 1 is 1.32 bits per heavy atom. The first-order chi connectivity index (χ1) is 9.15. The molecule has 0 atom stereocenters. The van der Waals surface area contributed by atoms with Crippen molar-refractivity contribution in [3.63, 3.8) is 0 Å². The van der Waals surface area contributed by atoms with Crippen LogP contribution in [0.2, 0.25) is 0 Å². The first-order valence-corrected chi connectivity index (χ1v) is 7.76. The van der Waals surface area contributed by atoms with E-state index >= 15 is 0 Å². The third kappa shape index (κ3) is 2.89. The number of aromatic nitrogens is 1. The number of fused-ring (bicyclic) bond motifs is 1. The van der Waals surface area contributed by atoms with E-state index in [0.717, 1.165) is 21.9 Å². The molecule has 1 N–H and O–H groups in total. The Balaban J connectivity index is 1.71. The van der Waals surface area contributed by atoms with Gasteiger partial charge in [-0.25, -0.2) is 9.37 Å². The summed E-state index contributed by atoms with van der Waals surface area (Å²) in [7, 11) is 0. The standard InChI is InChI=1S/C15H19FN2S/c1-15(7-3-2-4-8-15)10-17-14-18-12-6-5-11(16)9-13(12)19-14/h5-6,9H,2-4,7-8,10H2,1H3,(H,17,18). The highest BCUT2D eigenvalue weighted by Gasteiger charge is 2.26. The fourth-order valence-electron chi connectivity index (χ4n) is 2.85. The van der Waals surface area contributed by atoms with Crippen molar-refractivity contribution >= 4 is 26.7 Å². The van der Waals surface area contributed by atoms with Crippen LogP contribution in [0.25, 0.3) is 10.2 Å². The van der Waals surface area contributed by atoms with E-state index in [4.69, 9.17) is 0 Å². The number of anilines is 1. The minimum Gasteiger partial charge on any atom is -0.361 e. The third-order valence-corrected chi connectivity index (χ3v) is 5.05. The molecule has 1 aromatic carbocycles. The second-order valence-corrected chi connectivity index (χ2v) is 6.89. The molecule has 1 aromatic heterocycles. The summed E-state index contributed by atoms with van der Waals surface area (Å²) in [5.74, 6) is -0.193. The van der Waals surface area contributed by atoms with Crippen molar-refractivity contribution in [3.05, 3.63) is 24.0 Å². The Labute approximate surface area is 117 Å². The third-order valence-electron chi connectivity index (χ3n) is 4.08. The fourth-order valence-corrected chi connectivity index (χ4v) is 3.73. The molecule has 4 heteroatoms. The summed E-state index contributed by atoms with van der Waals surface area (Å²) in [6.07, 6.45) is 6.63. The Morgan fingerprint density at radius 2 is 2.11 bits per heavy atom. The van der Waals surface area contributed by atoms with Crippen molar-refractivity contribution in [3.8, 4) is 0 Å². The summed E-state index contributed by atoms with van der Waals surface area (Å²) in [5.41, 5.74) is 1.27. The van der Waals surface area contributed by atoms with Crippen molar-refractivity contribution in [2.45, 2.75) is 39.0 Å². The van der Waals surface area contributed by atoms with E-state index in [2.05, 4.69) is 17.2 Å². The normalized spacial score (nSPS) is 18.6. The highest BCUT2D eigenvalue weighted by atomic mass is 32.1. The van der Waals surface area contributed by atoms with Gasteiger partial charge in [-0.1, -0.05) is 37.5 Å². The molecule has 19 heavy (non-hydrogen) atoms. The van der Waals surface area contributed by atoms with Crippen LogP contribution in [-0.4, -0.2) is 11.5 Å². The van der Waals surface area contributed by atoms with Gasteiger partial charge >= 0.3 is 0 Å². The lowest BCUT2D eigenvalue weighted by Gasteiger charge is -2.33. The maximum Gasteiger partial charge on any atom is 0.183 e. The Bertz CT molecular complexity index is 573. The number of thiazole rings is 1. The van der Waals surface area contributed by atoms with Gasteiger partial charge in [-0.2, -0.15) is 0 Å². The second-order valence-electron chi connectivity index (χ2n) is 5.86. The highest BCUT2D eigenvalue weighted by Crippen LogP contribution is 2.36. The predicted molar refractivity (Wildman–Crippen MR) is 79.3 cm³/mol. The Hall–Kier alpha value is -1.16. The lowest BCUT2D eigenvalue weighted by Crippen LogP contribution is -2.28. The van der Waals surface area contributed by atoms with Gasteiger partial charge in [0.05, 0.1) is 10.2 Å². The van der Waals surface area contributed by atoms with E-state index in [-0.39, 0.29) is 5.82 Å². The van der Waals surface area contributed by atoms with Gasteiger partial charge in [0.15, 0.2) is 5.13 Å². The largest absolute Gasteiger partial charge is 0.361 e. The van der Waals surface area contributed by atoms with Crippen LogP contribution in [0.5, 0.6) is 0 Å². The first-order valence-electron chi connectivity index (χ1n) is 6.95. The van der Waals surface area contributed by atoms with Crippen molar-refractivity contribution in [2.24, 2.45) is 5.41 Å². The van der Waals surface area contributed by atoms with Gasteiger partial charge in [0, 0.05) is 6.54 Å². The van der Waals surface area contributed by atoms with Crippen molar-refractivity contribution in [2.75, 3.05) is 11.9 Å². The zero-order valence-electron chi connectivity index (χ0n) is 11.2. The van der Waals surface area contributed by atoms with Gasteiger partial charge in [0.25, 0.3) is 0 Å². The molecule has 0 amide bonds. The minimum atomic E-state index is -0.193. The summed E-state index contributed by atoms with van der Waals surface area (Å²) in [5, 5.41) is 4.36. The van der Waals surface area contributed by atoms with Gasteiger partial charge in [0.1, 0.15) is 5.82 Å². The van der Waals surface area contributed by atoms with E-state index in [1.165, 1.54) is 49.5 Å². The summed E-state index contributed by atoms with van der Waals surface area (Å²) in [4.78, 5) is 4.51. The summed E-state index contributed by atoms with van der Waals surface area (Å²) in [6, 6.07) is 4.77. The number of nitrogens with zero attached hydrogens (tertiary/aromatic N) is 1. The quantitative estimate of drug-likeness (QED) is 0.870. The second kappa shape index (κ2) is 5.08. The number of halogens is 1. The monoisotopic (exact) mass is 278 g/mol. The van der Waals surface area contributed by atoms with E-state index < -0.39 is 0 Å². The Kier molecular flexibility index (Phi) is 3.44. The van der Waals surface area contributed by atoms with Gasteiger partial charge in [0.2, 0.25) is 0 Å². The molecule has 1 saturated carbocycles. The molecule has 1 aliphatic rings. The maximum atomic E-state index is 13.1. The first kappa shape index (κ1) is 12.9. The average Bonchev–Trinajstić information content (AvgIpc) is 2.79. The molecule has 0 unspecified atom stereocenters. The lowest BCUT2D eigenvalue weighted by atomic mass is 9.76. The number of hydrogen-bond donors (Lipinski definition) is 1. The number of rotatable bonds is 3. The fraction of sp³-hybridized carbons (Fsp3) is 0.533. The number of benzene rings is 1. The average molecular weight is 278 g/mol. The van der Waals surface area contributed by atoms with Crippen molar-refractivity contribution < 1.29 is 4.39 Å². The van der Waals surface area contributed by atoms with E-state index in [1.807, 2.05) is 0 Å². The zero-order chi connectivity index (χ0) is 13.3. The van der Waals surface area contributed by atoms with Gasteiger partial charge in [-0.15, -0.1) is 0 Å². The van der Waals surface area contributed by atoms with Crippen LogP contribution >= 0.6 is 11.3 Å². The predicted octanol–water partition coefficient (Wildman–Crippen LogP) is 4.82. The molecule has 0 spiro atoms. The number of hydrogen-bond acceptors (Lipinski definition) is 3. The molecule has 0 radical (unpaired) electrons. The van der Waals surface area contributed by atoms with Crippen molar-refractivity contribution in [1.82, 2.24) is 4.98 Å². The maximum absolute atomic E-state index is 13.1. The van der Waals surface area contributed by atoms with Crippen LogP contribution in [0, 0.1) is 11.2 Å². The van der Waals surface area contributed by atoms with Gasteiger partial charge in [-0.05, 0) is 36.5 Å². The smallest absolute Gasteiger partial charge is 0.183 e. The molecule has 0 saturated heterocycles. The SMILES string of the molecule is CC1(CNc2nc3ccc(F)cc3s2)CCCCC1. The topological polar surface area (TPSA) is 24.9 Å². The highest BCUT2D eigenvalue weighted by molar-refractivity contribution is 7.22. The zero-order valence-corrected chi connectivity index (χ0v) is 12.0. The van der Waals surface area contributed by atoms with Gasteiger partial charge < -0.3 is 5.32 Å². The van der Waals surface area contributed by atoms with E-state index in [1.54, 1.807) is 12.1 Å². The van der Waals surface area contributed by atoms with Gasteiger partial charge in [-0.3, -0.25) is 0 Å².